The van der Waals surface area contributed by atoms with Gasteiger partial charge in [-0.2, -0.15) is 29.5 Å². The summed E-state index contributed by atoms with van der Waals surface area (Å²) >= 11 is 4.20. The standard InChI is InChI=1S/C12H26S.K.Na.H2O8S2.H3O4P/c1-2-3-4-5-6-7-8-9-10-11-12-13;;;1-9(2,3)7-8-10(4,5)6;1-5(2,3)4/h13H,2-12H2,1H3;;;(H,1,2,3)(H,4,5,6);(H3,1,2,3,4)/q;2*+1;;/p-2. The largest absolute Gasteiger partial charge is 1.00 e. The van der Waals surface area contributed by atoms with E-state index in [0.29, 0.717) is 0 Å². The molecular weight excluding hydrogens is 525 g/mol. The SMILES string of the molecule is CCCCCCCCCCCCS.O=P([O-])([O-])O.O=S(=O)(O)OOS(=O)(=O)O.[K+].[Na+]. The van der Waals surface area contributed by atoms with E-state index in [1.165, 1.54) is 64.2 Å². The number of thiol groups is 1. The predicted octanol–water partition coefficient (Wildman–Crippen LogP) is -4.81. The van der Waals surface area contributed by atoms with Gasteiger partial charge >= 0.3 is 102 Å². The van der Waals surface area contributed by atoms with Crippen LogP contribution in [0.25, 0.3) is 0 Å². The van der Waals surface area contributed by atoms with Crippen molar-refractivity contribution in [3.8, 4) is 0 Å². The topological polar surface area (TPSA) is 211 Å². The van der Waals surface area contributed by atoms with Crippen molar-refractivity contribution in [3.05, 3.63) is 0 Å². The molecule has 174 valence electrons. The van der Waals surface area contributed by atoms with E-state index < -0.39 is 28.6 Å². The number of rotatable bonds is 13. The molecule has 0 atom stereocenters. The van der Waals surface area contributed by atoms with Gasteiger partial charge in [0.25, 0.3) is 0 Å². The Balaban J connectivity index is -0.000000110. The second kappa shape index (κ2) is 26.4. The third-order valence-corrected chi connectivity index (χ3v) is 3.59. The average Bonchev–Trinajstić information content (AvgIpc) is 2.49. The summed E-state index contributed by atoms with van der Waals surface area (Å²) in [5, 5.41) is 0. The van der Waals surface area contributed by atoms with Crippen LogP contribution in [-0.4, -0.2) is 36.6 Å². The number of unbranched alkanes of at least 4 members (excludes halogenated alkanes) is 9. The Morgan fingerprint density at radius 3 is 1.23 bits per heavy atom. The quantitative estimate of drug-likeness (QED) is 0.0321. The van der Waals surface area contributed by atoms with Gasteiger partial charge in [-0.15, -0.1) is 0 Å². The molecule has 3 N–H and O–H groups in total. The molecule has 0 bridgehead atoms. The van der Waals surface area contributed by atoms with Gasteiger partial charge in [-0.25, -0.2) is 0 Å². The molecule has 0 aromatic carbocycles. The van der Waals surface area contributed by atoms with Gasteiger partial charge in [0.2, 0.25) is 0 Å². The summed E-state index contributed by atoms with van der Waals surface area (Å²) in [5.41, 5.74) is 0. The van der Waals surface area contributed by atoms with Crippen molar-refractivity contribution in [1.82, 2.24) is 0 Å². The summed E-state index contributed by atoms with van der Waals surface area (Å²) in [6.45, 7) is 2.28. The summed E-state index contributed by atoms with van der Waals surface area (Å²) in [7, 11) is -15.2. The Bertz CT molecular complexity index is 549. The van der Waals surface area contributed by atoms with Crippen LogP contribution in [0.5, 0.6) is 0 Å². The Labute approximate surface area is 249 Å². The van der Waals surface area contributed by atoms with Gasteiger partial charge in [0.05, 0.1) is 7.82 Å². The summed E-state index contributed by atoms with van der Waals surface area (Å²) in [5.74, 6) is 1.07. The van der Waals surface area contributed by atoms with Gasteiger partial charge in [-0.3, -0.25) is 9.11 Å². The molecule has 0 saturated carbocycles. The minimum atomic E-state index is -5.14. The van der Waals surface area contributed by atoms with E-state index in [0.717, 1.165) is 5.75 Å². The van der Waals surface area contributed by atoms with E-state index in [9.17, 15) is 16.8 Å². The second-order valence-corrected chi connectivity index (χ2v) is 8.73. The molecule has 0 amide bonds. The fourth-order valence-electron chi connectivity index (χ4n) is 1.67. The second-order valence-electron chi connectivity index (χ2n) is 5.37. The first-order valence-corrected chi connectivity index (χ1v) is 13.2. The summed E-state index contributed by atoms with van der Waals surface area (Å²) in [6.07, 6.45) is 14.2. The van der Waals surface area contributed by atoms with Crippen LogP contribution in [0.1, 0.15) is 71.1 Å². The maximum atomic E-state index is 9.51. The first kappa shape index (κ1) is 43.0. The Hall–Kier alpha value is 2.84. The average molecular weight is 555 g/mol. The number of phosphoric acid groups is 1. The molecule has 0 rings (SSSR count). The van der Waals surface area contributed by atoms with E-state index in [2.05, 4.69) is 28.2 Å². The van der Waals surface area contributed by atoms with Crippen molar-refractivity contribution >= 4 is 41.2 Å². The Kier molecular flexibility index (Phi) is 37.9. The molecular formula is C12H29KNaO12PS3. The van der Waals surface area contributed by atoms with Crippen LogP contribution in [0, 0.1) is 0 Å². The third-order valence-electron chi connectivity index (χ3n) is 2.71. The van der Waals surface area contributed by atoms with E-state index in [-0.39, 0.29) is 80.9 Å². The molecule has 0 saturated heterocycles. The third kappa shape index (κ3) is 69.8. The van der Waals surface area contributed by atoms with Crippen LogP contribution < -0.4 is 90.7 Å². The smallest absolute Gasteiger partial charge is 0.790 e. The van der Waals surface area contributed by atoms with Gasteiger partial charge in [-0.05, 0) is 12.2 Å². The molecule has 0 aromatic rings. The Morgan fingerprint density at radius 1 is 0.800 bits per heavy atom. The van der Waals surface area contributed by atoms with Gasteiger partial charge in [-0.1, -0.05) is 73.4 Å². The molecule has 18 heteroatoms. The monoisotopic (exact) mass is 554 g/mol. The van der Waals surface area contributed by atoms with E-state index in [1.54, 1.807) is 0 Å². The normalized spacial score (nSPS) is 11.0. The molecule has 0 radical (unpaired) electrons. The minimum Gasteiger partial charge on any atom is -0.790 e. The van der Waals surface area contributed by atoms with Crippen molar-refractivity contribution in [2.75, 3.05) is 5.75 Å². The Morgan fingerprint density at radius 2 is 1.03 bits per heavy atom. The maximum absolute atomic E-state index is 9.51. The molecule has 30 heavy (non-hydrogen) atoms. The zero-order chi connectivity index (χ0) is 22.7. The van der Waals surface area contributed by atoms with Crippen molar-refractivity contribution in [2.24, 2.45) is 0 Å². The van der Waals surface area contributed by atoms with Crippen LogP contribution in [0.3, 0.4) is 0 Å². The van der Waals surface area contributed by atoms with Crippen LogP contribution in [-0.2, 0) is 34.0 Å². The van der Waals surface area contributed by atoms with Crippen molar-refractivity contribution in [3.63, 3.8) is 0 Å². The van der Waals surface area contributed by atoms with Crippen molar-refractivity contribution < 1.29 is 135 Å². The molecule has 0 aliphatic rings. The van der Waals surface area contributed by atoms with Crippen LogP contribution >= 0.6 is 20.5 Å². The molecule has 0 fully saturated rings. The predicted molar refractivity (Wildman–Crippen MR) is 101 cm³/mol. The maximum Gasteiger partial charge on any atom is 1.00 e. The fraction of sp³-hybridized carbons (Fsp3) is 1.00. The molecule has 0 aromatic heterocycles. The van der Waals surface area contributed by atoms with Crippen molar-refractivity contribution in [1.29, 1.82) is 0 Å². The molecule has 0 unspecified atom stereocenters. The minimum absolute atomic E-state index is 0. The molecule has 12 nitrogen and oxygen atoms in total. The summed E-state index contributed by atoms with van der Waals surface area (Å²) in [4.78, 5) is 24.3. The first-order valence-electron chi connectivity index (χ1n) is 8.30. The van der Waals surface area contributed by atoms with Crippen molar-refractivity contribution in [2.45, 2.75) is 71.1 Å². The zero-order valence-electron chi connectivity index (χ0n) is 17.5. The zero-order valence-corrected chi connectivity index (χ0v) is 26.0. The van der Waals surface area contributed by atoms with E-state index in [1.807, 2.05) is 0 Å². The van der Waals surface area contributed by atoms with Crippen LogP contribution in [0.2, 0.25) is 0 Å². The summed E-state index contributed by atoms with van der Waals surface area (Å²) in [6, 6.07) is 0. The van der Waals surface area contributed by atoms with Gasteiger partial charge in [0.1, 0.15) is 0 Å². The van der Waals surface area contributed by atoms with Gasteiger partial charge < -0.3 is 19.2 Å². The summed E-state index contributed by atoms with van der Waals surface area (Å²) < 4.78 is 67.5. The van der Waals surface area contributed by atoms with Gasteiger partial charge in [0, 0.05) is 0 Å². The van der Waals surface area contributed by atoms with Crippen LogP contribution in [0.4, 0.5) is 0 Å². The number of hydrogen-bond donors (Lipinski definition) is 4. The molecule has 0 heterocycles. The van der Waals surface area contributed by atoms with Crippen LogP contribution in [0.15, 0.2) is 0 Å². The molecule has 0 spiro atoms. The molecule has 0 aliphatic heterocycles. The number of hydrogen-bond acceptors (Lipinski definition) is 10. The van der Waals surface area contributed by atoms with Gasteiger partial charge in [0.15, 0.2) is 0 Å². The fourth-order valence-corrected chi connectivity index (χ4v) is 2.45. The van der Waals surface area contributed by atoms with E-state index >= 15 is 0 Å². The van der Waals surface area contributed by atoms with E-state index in [4.69, 9.17) is 28.4 Å². The molecule has 0 aliphatic carbocycles. The first-order chi connectivity index (χ1) is 12.6.